The van der Waals surface area contributed by atoms with E-state index in [1.807, 2.05) is 12.1 Å². The van der Waals surface area contributed by atoms with Crippen molar-refractivity contribution in [2.24, 2.45) is 0 Å². The third-order valence-corrected chi connectivity index (χ3v) is 3.89. The summed E-state index contributed by atoms with van der Waals surface area (Å²) in [6.45, 7) is 2.63. The number of hydrogen-bond donors (Lipinski definition) is 2. The number of halogens is 1. The smallest absolute Gasteiger partial charge is 0.315 e. The van der Waals surface area contributed by atoms with Gasteiger partial charge in [-0.05, 0) is 28.1 Å². The molecule has 0 aromatic carbocycles. The maximum absolute atomic E-state index is 5.45. The maximum Gasteiger partial charge on any atom is 0.315 e. The second-order valence-electron chi connectivity index (χ2n) is 3.73. The molecule has 0 bridgehead atoms. The van der Waals surface area contributed by atoms with Crippen LogP contribution >= 0.6 is 27.3 Å². The number of ether oxygens (including phenoxy) is 1. The van der Waals surface area contributed by atoms with E-state index in [4.69, 9.17) is 9.15 Å². The molecule has 0 amide bonds. The van der Waals surface area contributed by atoms with Gasteiger partial charge in [-0.25, -0.2) is 0 Å². The van der Waals surface area contributed by atoms with Gasteiger partial charge in [0.2, 0.25) is 5.89 Å². The van der Waals surface area contributed by atoms with Crippen molar-refractivity contribution in [2.45, 2.75) is 13.1 Å². The van der Waals surface area contributed by atoms with Gasteiger partial charge in [-0.1, -0.05) is 5.10 Å². The molecule has 2 heterocycles. The first-order valence-corrected chi connectivity index (χ1v) is 7.39. The van der Waals surface area contributed by atoms with Crippen LogP contribution in [0.2, 0.25) is 0 Å². The molecule has 8 heteroatoms. The molecule has 2 N–H and O–H groups in total. The van der Waals surface area contributed by atoms with E-state index in [0.717, 1.165) is 10.3 Å². The third-order valence-electron chi connectivity index (χ3n) is 2.27. The maximum atomic E-state index is 5.45. The fourth-order valence-corrected chi connectivity index (χ4v) is 2.80. The average Bonchev–Trinajstić information content (AvgIpc) is 3.01. The molecule has 0 saturated carbocycles. The second kappa shape index (κ2) is 7.59. The highest BCUT2D eigenvalue weighted by Gasteiger charge is 2.05. The van der Waals surface area contributed by atoms with Crippen LogP contribution in [0.1, 0.15) is 10.8 Å². The van der Waals surface area contributed by atoms with Crippen molar-refractivity contribution in [2.75, 3.05) is 25.6 Å². The average molecular weight is 347 g/mol. The lowest BCUT2D eigenvalue weighted by atomic mass is 10.5. The fourth-order valence-electron chi connectivity index (χ4n) is 1.38. The molecular weight excluding hydrogens is 332 g/mol. The molecule has 0 spiro atoms. The monoisotopic (exact) mass is 346 g/mol. The minimum absolute atomic E-state index is 0.438. The van der Waals surface area contributed by atoms with E-state index in [1.54, 1.807) is 18.4 Å². The van der Waals surface area contributed by atoms with Crippen LogP contribution in [-0.4, -0.2) is 30.5 Å². The van der Waals surface area contributed by atoms with Gasteiger partial charge in [0.05, 0.1) is 23.5 Å². The normalized spacial score (nSPS) is 10.8. The largest absolute Gasteiger partial charge is 0.407 e. The van der Waals surface area contributed by atoms with Crippen LogP contribution in [0.15, 0.2) is 20.3 Å². The topological polar surface area (TPSA) is 72.2 Å². The number of anilines is 1. The Morgan fingerprint density at radius 1 is 1.37 bits per heavy atom. The predicted molar refractivity (Wildman–Crippen MR) is 77.2 cm³/mol. The first kappa shape index (κ1) is 14.4. The summed E-state index contributed by atoms with van der Waals surface area (Å²) in [4.78, 5) is 1.20. The van der Waals surface area contributed by atoms with E-state index in [1.165, 1.54) is 4.88 Å². The number of methoxy groups -OCH3 is 1. The van der Waals surface area contributed by atoms with Gasteiger partial charge in [0.25, 0.3) is 0 Å². The summed E-state index contributed by atoms with van der Waals surface area (Å²) in [5.41, 5.74) is 0. The minimum atomic E-state index is 0.438. The predicted octanol–water partition coefficient (Wildman–Crippen LogP) is 2.24. The highest BCUT2D eigenvalue weighted by molar-refractivity contribution is 9.11. The molecule has 0 aliphatic rings. The van der Waals surface area contributed by atoms with Gasteiger partial charge in [-0.3, -0.25) is 0 Å². The van der Waals surface area contributed by atoms with Gasteiger partial charge in [-0.2, -0.15) is 0 Å². The van der Waals surface area contributed by atoms with Crippen molar-refractivity contribution < 1.29 is 9.15 Å². The van der Waals surface area contributed by atoms with E-state index in [0.29, 0.717) is 31.6 Å². The molecule has 104 valence electrons. The zero-order valence-corrected chi connectivity index (χ0v) is 12.9. The van der Waals surface area contributed by atoms with Crippen molar-refractivity contribution in [1.29, 1.82) is 0 Å². The van der Waals surface area contributed by atoms with Crippen molar-refractivity contribution in [3.63, 3.8) is 0 Å². The van der Waals surface area contributed by atoms with Crippen molar-refractivity contribution in [3.05, 3.63) is 26.7 Å². The zero-order chi connectivity index (χ0) is 13.5. The van der Waals surface area contributed by atoms with Crippen molar-refractivity contribution >= 4 is 33.3 Å². The van der Waals surface area contributed by atoms with Crippen LogP contribution in [0.25, 0.3) is 0 Å². The Bertz CT molecular complexity index is 502. The summed E-state index contributed by atoms with van der Waals surface area (Å²) in [6, 6.07) is 4.50. The molecule has 0 aliphatic carbocycles. The van der Waals surface area contributed by atoms with E-state index in [2.05, 4.69) is 36.8 Å². The van der Waals surface area contributed by atoms with Gasteiger partial charge >= 0.3 is 6.01 Å². The zero-order valence-electron chi connectivity index (χ0n) is 10.5. The van der Waals surface area contributed by atoms with Crippen LogP contribution < -0.4 is 10.6 Å². The van der Waals surface area contributed by atoms with E-state index < -0.39 is 0 Å². The molecule has 2 aromatic heterocycles. The Morgan fingerprint density at radius 3 is 3.00 bits per heavy atom. The van der Waals surface area contributed by atoms with Crippen molar-refractivity contribution in [1.82, 2.24) is 15.5 Å². The molecule has 0 fully saturated rings. The lowest BCUT2D eigenvalue weighted by Gasteiger charge is -1.99. The standard InChI is InChI=1S/C11H15BrN4O2S/c1-17-5-4-13-7-10-15-16-11(18-10)14-6-8-2-3-9(12)19-8/h2-3,13H,4-7H2,1H3,(H,14,16). The van der Waals surface area contributed by atoms with Gasteiger partial charge in [-0.15, -0.1) is 16.4 Å². The summed E-state index contributed by atoms with van der Waals surface area (Å²) in [5.74, 6) is 0.561. The number of nitrogens with zero attached hydrogens (tertiary/aromatic N) is 2. The summed E-state index contributed by atoms with van der Waals surface area (Å²) in [7, 11) is 1.67. The Morgan fingerprint density at radius 2 is 2.26 bits per heavy atom. The molecule has 2 rings (SSSR count). The number of aromatic nitrogens is 2. The van der Waals surface area contributed by atoms with E-state index >= 15 is 0 Å². The molecular formula is C11H15BrN4O2S. The van der Waals surface area contributed by atoms with Gasteiger partial charge in [0.15, 0.2) is 0 Å². The van der Waals surface area contributed by atoms with Gasteiger partial charge in [0, 0.05) is 18.5 Å². The van der Waals surface area contributed by atoms with E-state index in [-0.39, 0.29) is 0 Å². The number of thiophene rings is 1. The summed E-state index contributed by atoms with van der Waals surface area (Å²) >= 11 is 5.10. The summed E-state index contributed by atoms with van der Waals surface area (Å²) in [6.07, 6.45) is 0. The highest BCUT2D eigenvalue weighted by atomic mass is 79.9. The van der Waals surface area contributed by atoms with Crippen molar-refractivity contribution in [3.8, 4) is 0 Å². The highest BCUT2D eigenvalue weighted by Crippen LogP contribution is 2.22. The lowest BCUT2D eigenvalue weighted by molar-refractivity contribution is 0.198. The van der Waals surface area contributed by atoms with Crippen LogP contribution in [-0.2, 0) is 17.8 Å². The van der Waals surface area contributed by atoms with Crippen LogP contribution in [0.3, 0.4) is 0 Å². The Hall–Kier alpha value is -0.960. The Labute approximate surface area is 123 Å². The first-order chi connectivity index (χ1) is 9.28. The molecule has 0 atom stereocenters. The first-order valence-electron chi connectivity index (χ1n) is 5.78. The molecule has 6 nitrogen and oxygen atoms in total. The van der Waals surface area contributed by atoms with Gasteiger partial charge < -0.3 is 19.8 Å². The second-order valence-corrected chi connectivity index (χ2v) is 6.28. The minimum Gasteiger partial charge on any atom is -0.407 e. The summed E-state index contributed by atoms with van der Waals surface area (Å²) in [5, 5.41) is 14.1. The molecule has 19 heavy (non-hydrogen) atoms. The molecule has 0 unspecified atom stereocenters. The number of rotatable bonds is 8. The summed E-state index contributed by atoms with van der Waals surface area (Å²) < 4.78 is 11.5. The molecule has 0 aliphatic heterocycles. The Kier molecular flexibility index (Phi) is 5.77. The van der Waals surface area contributed by atoms with Crippen LogP contribution in [0.4, 0.5) is 6.01 Å². The molecule has 0 radical (unpaired) electrons. The van der Waals surface area contributed by atoms with Gasteiger partial charge in [0.1, 0.15) is 0 Å². The van der Waals surface area contributed by atoms with Crippen LogP contribution in [0, 0.1) is 0 Å². The van der Waals surface area contributed by atoms with E-state index in [9.17, 15) is 0 Å². The Balaban J connectivity index is 1.74. The number of hydrogen-bond acceptors (Lipinski definition) is 7. The quantitative estimate of drug-likeness (QED) is 0.714. The molecule has 2 aromatic rings. The third kappa shape index (κ3) is 4.90. The SMILES string of the molecule is COCCNCc1nnc(NCc2ccc(Br)s2)o1. The molecule has 0 saturated heterocycles. The van der Waals surface area contributed by atoms with Crippen LogP contribution in [0.5, 0.6) is 0 Å². The fraction of sp³-hybridized carbons (Fsp3) is 0.455. The number of nitrogens with one attached hydrogen (secondary N) is 2. The lowest BCUT2D eigenvalue weighted by Crippen LogP contribution is -2.18.